The van der Waals surface area contributed by atoms with E-state index in [4.69, 9.17) is 0 Å². The second kappa shape index (κ2) is 6.39. The summed E-state index contributed by atoms with van der Waals surface area (Å²) in [6.45, 7) is 0. The third-order valence-electron chi connectivity index (χ3n) is 4.69. The minimum atomic E-state index is -1.26. The molecule has 0 unspecified atom stereocenters. The van der Waals surface area contributed by atoms with E-state index in [1.807, 2.05) is 0 Å². The Kier molecular flexibility index (Phi) is 4.48. The summed E-state index contributed by atoms with van der Waals surface area (Å²) >= 11 is 1.68. The summed E-state index contributed by atoms with van der Waals surface area (Å²) in [4.78, 5) is 39.1. The van der Waals surface area contributed by atoms with Crippen LogP contribution in [0, 0.1) is 0 Å². The number of carboxylic acid groups (broad SMARTS) is 1. The zero-order chi connectivity index (χ0) is 16.4. The van der Waals surface area contributed by atoms with E-state index in [0.717, 1.165) is 36.9 Å². The lowest BCUT2D eigenvalue weighted by Gasteiger charge is -2.33. The molecule has 1 aliphatic carbocycles. The molecule has 3 N–H and O–H groups in total. The number of hydrogen-bond donors (Lipinski definition) is 3. The zero-order valence-electron chi connectivity index (χ0n) is 12.8. The number of carbonyl (C=O) groups is 2. The number of aliphatic carboxylic acids is 1. The van der Waals surface area contributed by atoms with Crippen LogP contribution in [0.4, 0.5) is 0 Å². The summed E-state index contributed by atoms with van der Waals surface area (Å²) in [6.07, 6.45) is 4.49. The zero-order valence-corrected chi connectivity index (χ0v) is 13.6. The molecule has 1 saturated heterocycles. The first-order valence-electron chi connectivity index (χ1n) is 7.90. The van der Waals surface area contributed by atoms with Crippen molar-refractivity contribution in [2.24, 2.45) is 0 Å². The summed E-state index contributed by atoms with van der Waals surface area (Å²) in [7, 11) is 0. The molecule has 23 heavy (non-hydrogen) atoms. The summed E-state index contributed by atoms with van der Waals surface area (Å²) in [5, 5.41) is 12.2. The van der Waals surface area contributed by atoms with Crippen LogP contribution in [0.25, 0.3) is 0 Å². The number of thioether (sulfide) groups is 1. The molecule has 0 bridgehead atoms. The predicted molar refractivity (Wildman–Crippen MR) is 88.1 cm³/mol. The van der Waals surface area contributed by atoms with Crippen LogP contribution in [0.5, 0.6) is 0 Å². The summed E-state index contributed by atoms with van der Waals surface area (Å²) < 4.78 is 0. The van der Waals surface area contributed by atoms with Crippen molar-refractivity contribution in [3.63, 3.8) is 0 Å². The highest BCUT2D eigenvalue weighted by molar-refractivity contribution is 7.99. The van der Waals surface area contributed by atoms with Crippen LogP contribution in [-0.2, 0) is 17.6 Å². The molecule has 3 rings (SSSR count). The molecule has 0 aromatic carbocycles. The Morgan fingerprint density at radius 1 is 1.22 bits per heavy atom. The molecule has 1 aliphatic heterocycles. The smallest absolute Gasteiger partial charge is 0.329 e. The molecule has 1 aromatic heterocycles. The number of amides is 1. The van der Waals surface area contributed by atoms with Crippen molar-refractivity contribution >= 4 is 23.6 Å². The van der Waals surface area contributed by atoms with Gasteiger partial charge in [-0.15, -0.1) is 0 Å². The first kappa shape index (κ1) is 16.1. The van der Waals surface area contributed by atoms with Crippen molar-refractivity contribution < 1.29 is 14.7 Å². The van der Waals surface area contributed by atoms with E-state index in [1.54, 1.807) is 17.8 Å². The standard InChI is InChI=1S/C16H20N2O4S/c19-13-11(9-10-3-1-2-4-12(10)17-13)14(20)18-16(15(21)22)5-7-23-8-6-16/h9H,1-8H2,(H,17,19)(H,18,20)(H,21,22). The highest BCUT2D eigenvalue weighted by Gasteiger charge is 2.41. The molecule has 1 amide bonds. The molecule has 2 heterocycles. The number of nitrogens with one attached hydrogen (secondary N) is 2. The van der Waals surface area contributed by atoms with E-state index in [0.29, 0.717) is 24.3 Å². The monoisotopic (exact) mass is 336 g/mol. The van der Waals surface area contributed by atoms with Gasteiger partial charge in [0.15, 0.2) is 0 Å². The van der Waals surface area contributed by atoms with Gasteiger partial charge in [0.25, 0.3) is 11.5 Å². The van der Waals surface area contributed by atoms with Crippen molar-refractivity contribution in [3.05, 3.63) is 33.2 Å². The van der Waals surface area contributed by atoms with Gasteiger partial charge in [-0.1, -0.05) is 0 Å². The van der Waals surface area contributed by atoms with Crippen molar-refractivity contribution in [1.82, 2.24) is 10.3 Å². The van der Waals surface area contributed by atoms with E-state index in [2.05, 4.69) is 10.3 Å². The molecule has 1 aromatic rings. The van der Waals surface area contributed by atoms with E-state index < -0.39 is 23.0 Å². The van der Waals surface area contributed by atoms with Crippen molar-refractivity contribution in [3.8, 4) is 0 Å². The van der Waals surface area contributed by atoms with Crippen LogP contribution < -0.4 is 10.9 Å². The number of aromatic amines is 1. The van der Waals surface area contributed by atoms with Crippen LogP contribution in [0.15, 0.2) is 10.9 Å². The van der Waals surface area contributed by atoms with Crippen molar-refractivity contribution in [2.45, 2.75) is 44.1 Å². The molecular weight excluding hydrogens is 316 g/mol. The lowest BCUT2D eigenvalue weighted by atomic mass is 9.91. The maximum Gasteiger partial charge on any atom is 0.329 e. The number of pyridine rings is 1. The lowest BCUT2D eigenvalue weighted by Crippen LogP contribution is -2.57. The molecule has 0 spiro atoms. The second-order valence-electron chi connectivity index (χ2n) is 6.18. The van der Waals surface area contributed by atoms with Crippen LogP contribution in [0.3, 0.4) is 0 Å². The SMILES string of the molecule is O=C(NC1(C(=O)O)CCSCC1)c1cc2c([nH]c1=O)CCCC2. The van der Waals surface area contributed by atoms with Gasteiger partial charge in [0, 0.05) is 5.69 Å². The Morgan fingerprint density at radius 3 is 2.61 bits per heavy atom. The third kappa shape index (κ3) is 3.15. The maximum atomic E-state index is 12.5. The Hall–Kier alpha value is -1.76. The summed E-state index contributed by atoms with van der Waals surface area (Å²) in [6, 6.07) is 1.63. The summed E-state index contributed by atoms with van der Waals surface area (Å²) in [5.74, 6) is -0.241. The van der Waals surface area contributed by atoms with Gasteiger partial charge in [0.1, 0.15) is 11.1 Å². The number of carboxylic acids is 1. The van der Waals surface area contributed by atoms with Crippen molar-refractivity contribution in [1.29, 1.82) is 0 Å². The number of aromatic nitrogens is 1. The predicted octanol–water partition coefficient (Wildman–Crippen LogP) is 1.33. The molecule has 6 nitrogen and oxygen atoms in total. The third-order valence-corrected chi connectivity index (χ3v) is 5.68. The minimum Gasteiger partial charge on any atom is -0.480 e. The van der Waals surface area contributed by atoms with E-state index >= 15 is 0 Å². The van der Waals surface area contributed by atoms with Gasteiger partial charge in [-0.2, -0.15) is 11.8 Å². The topological polar surface area (TPSA) is 99.3 Å². The largest absolute Gasteiger partial charge is 0.480 e. The van der Waals surface area contributed by atoms with Gasteiger partial charge >= 0.3 is 5.97 Å². The minimum absolute atomic E-state index is 0.0181. The molecule has 2 aliphatic rings. The lowest BCUT2D eigenvalue weighted by molar-refractivity contribution is -0.144. The molecule has 7 heteroatoms. The molecular formula is C16H20N2O4S. The highest BCUT2D eigenvalue weighted by Crippen LogP contribution is 2.28. The van der Waals surface area contributed by atoms with Gasteiger partial charge in [-0.05, 0) is 61.7 Å². The Balaban J connectivity index is 1.88. The molecule has 1 fully saturated rings. The normalized spacial score (nSPS) is 19.7. The van der Waals surface area contributed by atoms with Gasteiger partial charge in [-0.3, -0.25) is 9.59 Å². The average Bonchev–Trinajstić information content (AvgIpc) is 2.54. The number of fused-ring (bicyclic) bond motifs is 1. The van der Waals surface area contributed by atoms with Gasteiger partial charge in [0.05, 0.1) is 0 Å². The number of aryl methyl sites for hydroxylation is 2. The van der Waals surface area contributed by atoms with Gasteiger partial charge < -0.3 is 15.4 Å². The first-order chi connectivity index (χ1) is 11.0. The Labute approximate surface area is 138 Å². The molecule has 0 saturated carbocycles. The van der Waals surface area contributed by atoms with E-state index in [-0.39, 0.29) is 5.56 Å². The molecule has 124 valence electrons. The number of carbonyl (C=O) groups excluding carboxylic acids is 1. The molecule has 0 atom stereocenters. The molecule has 0 radical (unpaired) electrons. The average molecular weight is 336 g/mol. The van der Waals surface area contributed by atoms with E-state index in [1.165, 1.54) is 0 Å². The number of H-pyrrole nitrogens is 1. The number of rotatable bonds is 3. The number of hydrogen-bond acceptors (Lipinski definition) is 4. The quantitative estimate of drug-likeness (QED) is 0.773. The Morgan fingerprint density at radius 2 is 1.91 bits per heavy atom. The fourth-order valence-corrected chi connectivity index (χ4v) is 4.43. The van der Waals surface area contributed by atoms with Gasteiger partial charge in [-0.25, -0.2) is 4.79 Å². The van der Waals surface area contributed by atoms with Crippen LogP contribution in [0.2, 0.25) is 0 Å². The fraction of sp³-hybridized carbons (Fsp3) is 0.562. The van der Waals surface area contributed by atoms with E-state index in [9.17, 15) is 19.5 Å². The highest BCUT2D eigenvalue weighted by atomic mass is 32.2. The van der Waals surface area contributed by atoms with Crippen LogP contribution in [0.1, 0.15) is 47.3 Å². The second-order valence-corrected chi connectivity index (χ2v) is 7.40. The Bertz CT molecular complexity index is 692. The maximum absolute atomic E-state index is 12.5. The van der Waals surface area contributed by atoms with Crippen molar-refractivity contribution in [2.75, 3.05) is 11.5 Å². The van der Waals surface area contributed by atoms with Crippen LogP contribution in [-0.4, -0.2) is 39.0 Å². The van der Waals surface area contributed by atoms with Gasteiger partial charge in [0.2, 0.25) is 0 Å². The fourth-order valence-electron chi connectivity index (χ4n) is 3.24. The summed E-state index contributed by atoms with van der Waals surface area (Å²) in [5.41, 5.74) is 0.216. The first-order valence-corrected chi connectivity index (χ1v) is 9.06. The van der Waals surface area contributed by atoms with Crippen LogP contribution >= 0.6 is 11.8 Å².